The fourth-order valence-electron chi connectivity index (χ4n) is 5.93. The minimum Gasteiger partial charge on any atom is -0.310 e. The lowest BCUT2D eigenvalue weighted by Gasteiger charge is -2.26. The lowest BCUT2D eigenvalue weighted by atomic mass is 9.97. The van der Waals surface area contributed by atoms with Gasteiger partial charge in [0.25, 0.3) is 0 Å². The first-order valence-electron chi connectivity index (χ1n) is 14.3. The van der Waals surface area contributed by atoms with Gasteiger partial charge in [0.05, 0.1) is 0 Å². The van der Waals surface area contributed by atoms with Gasteiger partial charge in [-0.15, -0.1) is 11.3 Å². The molecule has 0 N–H and O–H groups in total. The Morgan fingerprint density at radius 2 is 0.952 bits per heavy atom. The average Bonchev–Trinajstić information content (AvgIpc) is 3.44. The third-order valence-electron chi connectivity index (χ3n) is 8.04. The molecule has 0 saturated heterocycles. The molecule has 0 atom stereocenters. The summed E-state index contributed by atoms with van der Waals surface area (Å²) in [6, 6.07) is 59.2. The molecule has 0 spiro atoms. The molecule has 8 aromatic rings. The summed E-state index contributed by atoms with van der Waals surface area (Å²) in [6.45, 7) is 0. The van der Waals surface area contributed by atoms with Gasteiger partial charge in [-0.25, -0.2) is 0 Å². The van der Waals surface area contributed by atoms with E-state index in [0.29, 0.717) is 0 Å². The number of nitrogens with zero attached hydrogens (tertiary/aromatic N) is 1. The molecular weight excluding hydrogens is 527 g/mol. The van der Waals surface area contributed by atoms with Crippen LogP contribution in [0.3, 0.4) is 0 Å². The molecule has 1 aromatic heterocycles. The zero-order chi connectivity index (χ0) is 27.9. The molecule has 0 fully saturated rings. The number of anilines is 3. The first kappa shape index (κ1) is 24.6. The maximum atomic E-state index is 2.35. The summed E-state index contributed by atoms with van der Waals surface area (Å²) < 4.78 is 2.64. The second kappa shape index (κ2) is 10.3. The van der Waals surface area contributed by atoms with Crippen LogP contribution in [0.4, 0.5) is 17.1 Å². The van der Waals surface area contributed by atoms with Crippen molar-refractivity contribution >= 4 is 59.3 Å². The van der Waals surface area contributed by atoms with Crippen LogP contribution >= 0.6 is 11.3 Å². The maximum absolute atomic E-state index is 2.35. The van der Waals surface area contributed by atoms with E-state index in [1.54, 1.807) is 0 Å². The Labute approximate surface area is 249 Å². The van der Waals surface area contributed by atoms with E-state index in [4.69, 9.17) is 0 Å². The maximum Gasteiger partial charge on any atom is 0.0468 e. The molecule has 7 aromatic carbocycles. The standard InChI is InChI=1S/C40H27NS/c1-2-13-34(14-3-1)41(36-23-24-40-38(27-36)37-15-6-7-16-39(37)42-40)35-21-19-29(20-22-35)31-11-8-12-32(25-31)33-18-17-28-9-4-5-10-30(28)26-33/h1-27H. The third kappa shape index (κ3) is 4.43. The molecule has 0 bridgehead atoms. The normalized spacial score (nSPS) is 11.3. The molecular formula is C40H27NS. The fourth-order valence-corrected chi connectivity index (χ4v) is 7.01. The summed E-state index contributed by atoms with van der Waals surface area (Å²) in [4.78, 5) is 2.35. The van der Waals surface area contributed by atoms with Crippen molar-refractivity contribution in [3.63, 3.8) is 0 Å². The molecule has 0 aliphatic heterocycles. The summed E-state index contributed by atoms with van der Waals surface area (Å²) in [5.41, 5.74) is 8.31. The van der Waals surface area contributed by atoms with E-state index >= 15 is 0 Å². The number of rotatable bonds is 5. The van der Waals surface area contributed by atoms with Crippen molar-refractivity contribution in [2.45, 2.75) is 0 Å². The van der Waals surface area contributed by atoms with Crippen molar-refractivity contribution in [1.82, 2.24) is 0 Å². The smallest absolute Gasteiger partial charge is 0.0468 e. The Balaban J connectivity index is 1.18. The van der Waals surface area contributed by atoms with E-state index in [1.165, 1.54) is 53.2 Å². The zero-order valence-electron chi connectivity index (χ0n) is 22.9. The summed E-state index contributed by atoms with van der Waals surface area (Å²) in [5.74, 6) is 0. The third-order valence-corrected chi connectivity index (χ3v) is 9.19. The Kier molecular flexibility index (Phi) is 6.05. The van der Waals surface area contributed by atoms with E-state index in [9.17, 15) is 0 Å². The molecule has 0 aliphatic carbocycles. The second-order valence-electron chi connectivity index (χ2n) is 10.6. The van der Waals surface area contributed by atoms with E-state index in [2.05, 4.69) is 169 Å². The molecule has 1 heterocycles. The van der Waals surface area contributed by atoms with E-state index < -0.39 is 0 Å². The molecule has 198 valence electrons. The van der Waals surface area contributed by atoms with Gasteiger partial charge >= 0.3 is 0 Å². The van der Waals surface area contributed by atoms with Crippen LogP contribution < -0.4 is 4.90 Å². The van der Waals surface area contributed by atoms with Gasteiger partial charge < -0.3 is 4.90 Å². The lowest BCUT2D eigenvalue weighted by Crippen LogP contribution is -2.09. The quantitative estimate of drug-likeness (QED) is 0.205. The molecule has 1 nitrogen and oxygen atoms in total. The number of benzene rings is 7. The Bertz CT molecular complexity index is 2190. The second-order valence-corrected chi connectivity index (χ2v) is 11.7. The van der Waals surface area contributed by atoms with Gasteiger partial charge in [-0.3, -0.25) is 0 Å². The number of fused-ring (bicyclic) bond motifs is 4. The lowest BCUT2D eigenvalue weighted by molar-refractivity contribution is 1.29. The van der Waals surface area contributed by atoms with Gasteiger partial charge in [0, 0.05) is 37.2 Å². The van der Waals surface area contributed by atoms with Crippen LogP contribution in [0.5, 0.6) is 0 Å². The number of hydrogen-bond donors (Lipinski definition) is 0. The van der Waals surface area contributed by atoms with Crippen LogP contribution in [-0.4, -0.2) is 0 Å². The highest BCUT2D eigenvalue weighted by atomic mass is 32.1. The molecule has 42 heavy (non-hydrogen) atoms. The van der Waals surface area contributed by atoms with Crippen LogP contribution in [0, 0.1) is 0 Å². The summed E-state index contributed by atoms with van der Waals surface area (Å²) in [6.07, 6.45) is 0. The Morgan fingerprint density at radius 1 is 0.333 bits per heavy atom. The monoisotopic (exact) mass is 553 g/mol. The van der Waals surface area contributed by atoms with Crippen molar-refractivity contribution in [3.8, 4) is 22.3 Å². The van der Waals surface area contributed by atoms with E-state index in [-0.39, 0.29) is 0 Å². The van der Waals surface area contributed by atoms with Crippen LogP contribution in [0.1, 0.15) is 0 Å². The number of hydrogen-bond acceptors (Lipinski definition) is 2. The van der Waals surface area contributed by atoms with Crippen molar-refractivity contribution < 1.29 is 0 Å². The first-order chi connectivity index (χ1) is 20.8. The molecule has 0 unspecified atom stereocenters. The van der Waals surface area contributed by atoms with Crippen LogP contribution in [0.15, 0.2) is 164 Å². The summed E-state index contributed by atoms with van der Waals surface area (Å²) in [7, 11) is 0. The highest BCUT2D eigenvalue weighted by Crippen LogP contribution is 2.41. The molecule has 0 amide bonds. The summed E-state index contributed by atoms with van der Waals surface area (Å²) >= 11 is 1.85. The SMILES string of the molecule is c1ccc(N(c2ccc(-c3cccc(-c4ccc5ccccc5c4)c3)cc2)c2ccc3sc4ccccc4c3c2)cc1. The topological polar surface area (TPSA) is 3.24 Å². The largest absolute Gasteiger partial charge is 0.310 e. The molecule has 0 aliphatic rings. The predicted octanol–water partition coefficient (Wildman–Crippen LogP) is 12.0. The highest BCUT2D eigenvalue weighted by Gasteiger charge is 2.15. The average molecular weight is 554 g/mol. The van der Waals surface area contributed by atoms with E-state index in [0.717, 1.165) is 17.1 Å². The number of thiophene rings is 1. The van der Waals surface area contributed by atoms with Gasteiger partial charge in [-0.2, -0.15) is 0 Å². The summed E-state index contributed by atoms with van der Waals surface area (Å²) in [5, 5.41) is 5.15. The van der Waals surface area contributed by atoms with Crippen molar-refractivity contribution in [1.29, 1.82) is 0 Å². The van der Waals surface area contributed by atoms with Gasteiger partial charge in [0.1, 0.15) is 0 Å². The Hall–Kier alpha value is -5.18. The van der Waals surface area contributed by atoms with Gasteiger partial charge in [0.15, 0.2) is 0 Å². The Morgan fingerprint density at radius 3 is 1.81 bits per heavy atom. The molecule has 0 radical (unpaired) electrons. The van der Waals surface area contributed by atoms with Crippen molar-refractivity contribution in [2.75, 3.05) is 4.90 Å². The molecule has 2 heteroatoms. The number of para-hydroxylation sites is 1. The van der Waals surface area contributed by atoms with Crippen molar-refractivity contribution in [3.05, 3.63) is 164 Å². The zero-order valence-corrected chi connectivity index (χ0v) is 23.8. The molecule has 0 saturated carbocycles. The van der Waals surface area contributed by atoms with Crippen LogP contribution in [0.25, 0.3) is 53.2 Å². The van der Waals surface area contributed by atoms with Gasteiger partial charge in [-0.1, -0.05) is 103 Å². The van der Waals surface area contributed by atoms with Crippen LogP contribution in [0.2, 0.25) is 0 Å². The highest BCUT2D eigenvalue weighted by molar-refractivity contribution is 7.25. The minimum atomic E-state index is 1.13. The minimum absolute atomic E-state index is 1.13. The molecule has 8 rings (SSSR count). The predicted molar refractivity (Wildman–Crippen MR) is 182 cm³/mol. The van der Waals surface area contributed by atoms with Gasteiger partial charge in [-0.05, 0) is 93.7 Å². The van der Waals surface area contributed by atoms with Crippen molar-refractivity contribution in [2.24, 2.45) is 0 Å². The fraction of sp³-hybridized carbons (Fsp3) is 0. The van der Waals surface area contributed by atoms with Gasteiger partial charge in [0.2, 0.25) is 0 Å². The van der Waals surface area contributed by atoms with E-state index in [1.807, 2.05) is 11.3 Å². The first-order valence-corrected chi connectivity index (χ1v) is 15.1. The van der Waals surface area contributed by atoms with Crippen LogP contribution in [-0.2, 0) is 0 Å².